The number of aromatic nitrogens is 3. The lowest BCUT2D eigenvalue weighted by Crippen LogP contribution is -2.30. The fraction of sp³-hybridized carbons (Fsp3) is 0.846. The molecule has 0 aliphatic heterocycles. The molecule has 6 heteroatoms. The van der Waals surface area contributed by atoms with Crippen LogP contribution in [0.3, 0.4) is 0 Å². The van der Waals surface area contributed by atoms with Crippen molar-refractivity contribution in [3.05, 3.63) is 10.6 Å². The molecule has 0 amide bonds. The Balaban J connectivity index is 2.17. The van der Waals surface area contributed by atoms with Crippen molar-refractivity contribution in [2.24, 2.45) is 0 Å². The summed E-state index contributed by atoms with van der Waals surface area (Å²) >= 11 is 5.48. The van der Waals surface area contributed by atoms with Crippen molar-refractivity contribution in [2.75, 3.05) is 6.54 Å². The van der Waals surface area contributed by atoms with Crippen LogP contribution < -0.4 is 0 Å². The molecule has 5 nitrogen and oxygen atoms in total. The third-order valence-corrected chi connectivity index (χ3v) is 3.91. The van der Waals surface area contributed by atoms with Gasteiger partial charge in [0.25, 0.3) is 0 Å². The van der Waals surface area contributed by atoms with Gasteiger partial charge in [-0.15, -0.1) is 0 Å². The molecule has 0 bridgehead atoms. The molecule has 0 unspecified atom stereocenters. The lowest BCUT2D eigenvalue weighted by molar-refractivity contribution is 0.194. The summed E-state index contributed by atoms with van der Waals surface area (Å²) in [6.45, 7) is 6.92. The first-order valence-corrected chi connectivity index (χ1v) is 7.63. The van der Waals surface area contributed by atoms with Crippen LogP contribution in [-0.4, -0.2) is 36.9 Å². The maximum Gasteiger partial charge on any atom is 0.199 e. The van der Waals surface area contributed by atoms with E-state index in [1.807, 2.05) is 9.25 Å². The minimum absolute atomic E-state index is 0.0478. The van der Waals surface area contributed by atoms with Gasteiger partial charge in [-0.3, -0.25) is 4.90 Å². The van der Waals surface area contributed by atoms with Crippen LogP contribution in [0, 0.1) is 4.77 Å². The Morgan fingerprint density at radius 1 is 1.37 bits per heavy atom. The van der Waals surface area contributed by atoms with Crippen molar-refractivity contribution >= 4 is 12.2 Å². The van der Waals surface area contributed by atoms with Crippen molar-refractivity contribution in [1.29, 1.82) is 0 Å². The largest absolute Gasteiger partial charge is 0.388 e. The van der Waals surface area contributed by atoms with E-state index in [1.165, 1.54) is 12.8 Å². The van der Waals surface area contributed by atoms with E-state index >= 15 is 0 Å². The summed E-state index contributed by atoms with van der Waals surface area (Å²) in [5, 5.41) is 13.8. The first-order valence-electron chi connectivity index (χ1n) is 7.22. The second-order valence-electron chi connectivity index (χ2n) is 5.19. The van der Waals surface area contributed by atoms with Gasteiger partial charge in [0.15, 0.2) is 10.6 Å². The normalized spacial score (nSPS) is 15.4. The van der Waals surface area contributed by atoms with Crippen LogP contribution in [0.25, 0.3) is 0 Å². The fourth-order valence-electron chi connectivity index (χ4n) is 2.41. The Hall–Kier alpha value is -0.720. The summed E-state index contributed by atoms with van der Waals surface area (Å²) in [5.41, 5.74) is 0. The molecule has 1 aromatic heterocycles. The summed E-state index contributed by atoms with van der Waals surface area (Å²) in [4.78, 5) is 2.44. The van der Waals surface area contributed by atoms with Gasteiger partial charge < -0.3 is 9.67 Å². The highest BCUT2D eigenvalue weighted by atomic mass is 32.1. The highest BCUT2D eigenvalue weighted by Crippen LogP contribution is 2.27. The number of aliphatic hydroxyl groups excluding tert-OH is 1. The number of hydrogen-bond donors (Lipinski definition) is 1. The van der Waals surface area contributed by atoms with Gasteiger partial charge in [-0.2, -0.15) is 5.10 Å². The van der Waals surface area contributed by atoms with Gasteiger partial charge in [-0.05, 0) is 44.4 Å². The molecule has 1 N–H and O–H groups in total. The van der Waals surface area contributed by atoms with Crippen LogP contribution in [0.1, 0.15) is 45.4 Å². The molecule has 0 radical (unpaired) electrons. The summed E-state index contributed by atoms with van der Waals surface area (Å²) in [6, 6.07) is 0.704. The van der Waals surface area contributed by atoms with Gasteiger partial charge in [0.1, 0.15) is 6.61 Å². The van der Waals surface area contributed by atoms with Crippen LogP contribution in [0.15, 0.2) is 0 Å². The van der Waals surface area contributed by atoms with Gasteiger partial charge in [0.05, 0.1) is 6.67 Å². The number of aliphatic hydroxyl groups is 1. The molecule has 1 aromatic rings. The predicted molar refractivity (Wildman–Crippen MR) is 77.3 cm³/mol. The minimum atomic E-state index is -0.0478. The molecular formula is C13H24N4OS. The molecule has 108 valence electrons. The van der Waals surface area contributed by atoms with Crippen molar-refractivity contribution in [3.63, 3.8) is 0 Å². The summed E-state index contributed by atoms with van der Waals surface area (Å²) < 4.78 is 4.55. The summed E-state index contributed by atoms with van der Waals surface area (Å²) in [7, 11) is 0. The maximum absolute atomic E-state index is 9.39. The lowest BCUT2D eigenvalue weighted by atomic mass is 10.4. The van der Waals surface area contributed by atoms with Crippen molar-refractivity contribution in [2.45, 2.75) is 65.4 Å². The maximum atomic E-state index is 9.39. The van der Waals surface area contributed by atoms with E-state index in [2.05, 4.69) is 23.8 Å². The zero-order valence-corrected chi connectivity index (χ0v) is 12.7. The zero-order chi connectivity index (χ0) is 13.8. The molecule has 0 saturated heterocycles. The molecule has 1 saturated carbocycles. The zero-order valence-electron chi connectivity index (χ0n) is 11.9. The lowest BCUT2D eigenvalue weighted by Gasteiger charge is -2.20. The Morgan fingerprint density at radius 2 is 2.11 bits per heavy atom. The summed E-state index contributed by atoms with van der Waals surface area (Å²) in [5.74, 6) is 0.680. The van der Waals surface area contributed by atoms with E-state index in [4.69, 9.17) is 12.2 Å². The van der Waals surface area contributed by atoms with Crippen LogP contribution in [-0.2, 0) is 19.8 Å². The molecule has 0 aromatic carbocycles. The Bertz CT molecular complexity index is 464. The Labute approximate surface area is 119 Å². The van der Waals surface area contributed by atoms with Crippen LogP contribution >= 0.6 is 12.2 Å². The molecule has 1 fully saturated rings. The van der Waals surface area contributed by atoms with E-state index in [1.54, 1.807) is 0 Å². The number of nitrogens with zero attached hydrogens (tertiary/aromatic N) is 4. The molecule has 0 spiro atoms. The van der Waals surface area contributed by atoms with Gasteiger partial charge in [-0.25, -0.2) is 4.68 Å². The molecule has 1 aliphatic rings. The molecule has 0 atom stereocenters. The average molecular weight is 284 g/mol. The number of rotatable bonds is 8. The minimum Gasteiger partial charge on any atom is -0.388 e. The first-order chi connectivity index (χ1) is 9.21. The van der Waals surface area contributed by atoms with Crippen LogP contribution in [0.4, 0.5) is 0 Å². The monoisotopic (exact) mass is 284 g/mol. The third kappa shape index (κ3) is 3.43. The van der Waals surface area contributed by atoms with Gasteiger partial charge >= 0.3 is 0 Å². The standard InChI is InChI=1S/C13H24N4OS/c1-3-7-15(11-5-6-11)10-17-13(19)16(8-4-2)12(9-18)14-17/h11,18H,3-10H2,1-2H3. The summed E-state index contributed by atoms with van der Waals surface area (Å²) in [6.07, 6.45) is 4.71. The van der Waals surface area contributed by atoms with E-state index in [0.717, 1.165) is 37.4 Å². The average Bonchev–Trinajstić information content (AvgIpc) is 3.20. The smallest absolute Gasteiger partial charge is 0.199 e. The van der Waals surface area contributed by atoms with Crippen molar-refractivity contribution in [3.8, 4) is 0 Å². The SMILES string of the molecule is CCCN(Cn1nc(CO)n(CCC)c1=S)C1CC1. The van der Waals surface area contributed by atoms with Gasteiger partial charge in [0, 0.05) is 12.6 Å². The number of hydrogen-bond acceptors (Lipinski definition) is 4. The van der Waals surface area contributed by atoms with Crippen molar-refractivity contribution in [1.82, 2.24) is 19.2 Å². The molecule has 1 heterocycles. The quantitative estimate of drug-likeness (QED) is 0.743. The van der Waals surface area contributed by atoms with Crippen LogP contribution in [0.2, 0.25) is 0 Å². The molecule has 19 heavy (non-hydrogen) atoms. The molecule has 2 rings (SSSR count). The highest BCUT2D eigenvalue weighted by molar-refractivity contribution is 7.71. The van der Waals surface area contributed by atoms with E-state index in [0.29, 0.717) is 11.9 Å². The molecule has 1 aliphatic carbocycles. The predicted octanol–water partition coefficient (Wildman–Crippen LogP) is 2.15. The first kappa shape index (κ1) is 14.7. The van der Waals surface area contributed by atoms with E-state index in [-0.39, 0.29) is 6.61 Å². The second-order valence-corrected chi connectivity index (χ2v) is 5.56. The molecular weight excluding hydrogens is 260 g/mol. The second kappa shape index (κ2) is 6.63. The fourth-order valence-corrected chi connectivity index (χ4v) is 2.71. The van der Waals surface area contributed by atoms with Gasteiger partial charge in [0.2, 0.25) is 0 Å². The Kier molecular flexibility index (Phi) is 5.13. The van der Waals surface area contributed by atoms with E-state index < -0.39 is 0 Å². The topological polar surface area (TPSA) is 46.2 Å². The van der Waals surface area contributed by atoms with Crippen LogP contribution in [0.5, 0.6) is 0 Å². The van der Waals surface area contributed by atoms with E-state index in [9.17, 15) is 5.11 Å². The van der Waals surface area contributed by atoms with Gasteiger partial charge in [-0.1, -0.05) is 13.8 Å². The van der Waals surface area contributed by atoms with Crippen molar-refractivity contribution < 1.29 is 5.11 Å². The highest BCUT2D eigenvalue weighted by Gasteiger charge is 2.29. The Morgan fingerprint density at radius 3 is 2.63 bits per heavy atom. The third-order valence-electron chi connectivity index (χ3n) is 3.48.